The SMILES string of the molecule is OC(Cc1cc(F)ccc1Br)c1cncc(Br)c1. The number of aromatic nitrogens is 1. The van der Waals surface area contributed by atoms with Gasteiger partial charge in [-0.05, 0) is 45.8 Å². The first kappa shape index (κ1) is 13.6. The van der Waals surface area contributed by atoms with Gasteiger partial charge in [-0.2, -0.15) is 0 Å². The summed E-state index contributed by atoms with van der Waals surface area (Å²) in [5.74, 6) is -0.312. The van der Waals surface area contributed by atoms with Gasteiger partial charge in [-0.15, -0.1) is 0 Å². The third-order valence-electron chi connectivity index (χ3n) is 2.53. The first-order chi connectivity index (χ1) is 8.56. The fourth-order valence-electron chi connectivity index (χ4n) is 1.64. The standard InChI is InChI=1S/C13H10Br2FNO/c14-10-3-9(6-17-7-10)13(18)5-8-4-11(16)1-2-12(8)15/h1-4,6-7,13,18H,5H2. The normalized spacial score (nSPS) is 12.4. The van der Waals surface area contributed by atoms with Crippen molar-refractivity contribution in [3.8, 4) is 0 Å². The van der Waals surface area contributed by atoms with Gasteiger partial charge in [0.25, 0.3) is 0 Å². The Labute approximate surface area is 121 Å². The Kier molecular flexibility index (Phi) is 4.48. The van der Waals surface area contributed by atoms with Gasteiger partial charge in [0.2, 0.25) is 0 Å². The fourth-order valence-corrected chi connectivity index (χ4v) is 2.43. The van der Waals surface area contributed by atoms with Gasteiger partial charge in [0.15, 0.2) is 0 Å². The highest BCUT2D eigenvalue weighted by molar-refractivity contribution is 9.10. The van der Waals surface area contributed by atoms with E-state index < -0.39 is 6.10 Å². The summed E-state index contributed by atoms with van der Waals surface area (Å²) in [4.78, 5) is 3.99. The van der Waals surface area contributed by atoms with Crippen molar-refractivity contribution in [2.24, 2.45) is 0 Å². The van der Waals surface area contributed by atoms with Crippen LogP contribution in [-0.4, -0.2) is 10.1 Å². The molecule has 0 aliphatic rings. The molecule has 94 valence electrons. The molecule has 1 aromatic heterocycles. The van der Waals surface area contributed by atoms with Gasteiger partial charge < -0.3 is 5.11 Å². The maximum absolute atomic E-state index is 13.1. The van der Waals surface area contributed by atoms with Crippen molar-refractivity contribution in [2.75, 3.05) is 0 Å². The Morgan fingerprint density at radius 3 is 2.72 bits per heavy atom. The second-order valence-electron chi connectivity index (χ2n) is 3.89. The highest BCUT2D eigenvalue weighted by Crippen LogP contribution is 2.25. The van der Waals surface area contributed by atoms with Crippen LogP contribution in [0, 0.1) is 5.82 Å². The molecule has 0 bridgehead atoms. The van der Waals surface area contributed by atoms with Crippen LogP contribution >= 0.6 is 31.9 Å². The van der Waals surface area contributed by atoms with E-state index in [4.69, 9.17) is 0 Å². The molecular weight excluding hydrogens is 365 g/mol. The summed E-state index contributed by atoms with van der Waals surface area (Å²) in [6.07, 6.45) is 2.86. The first-order valence-corrected chi connectivity index (χ1v) is 6.87. The van der Waals surface area contributed by atoms with E-state index in [0.29, 0.717) is 12.0 Å². The van der Waals surface area contributed by atoms with Crippen molar-refractivity contribution >= 4 is 31.9 Å². The molecule has 0 radical (unpaired) electrons. The third-order valence-corrected chi connectivity index (χ3v) is 3.74. The summed E-state index contributed by atoms with van der Waals surface area (Å²) < 4.78 is 14.7. The van der Waals surface area contributed by atoms with Gasteiger partial charge in [0.05, 0.1) is 6.10 Å². The third kappa shape index (κ3) is 3.37. The molecule has 5 heteroatoms. The van der Waals surface area contributed by atoms with Crippen LogP contribution in [0.1, 0.15) is 17.2 Å². The van der Waals surface area contributed by atoms with Crippen molar-refractivity contribution < 1.29 is 9.50 Å². The lowest BCUT2D eigenvalue weighted by atomic mass is 10.0. The number of nitrogens with zero attached hydrogens (tertiary/aromatic N) is 1. The highest BCUT2D eigenvalue weighted by Gasteiger charge is 2.12. The van der Waals surface area contributed by atoms with E-state index in [1.807, 2.05) is 0 Å². The first-order valence-electron chi connectivity index (χ1n) is 5.28. The van der Waals surface area contributed by atoms with Crippen LogP contribution in [0.2, 0.25) is 0 Å². The quantitative estimate of drug-likeness (QED) is 0.880. The molecule has 0 spiro atoms. The summed E-state index contributed by atoms with van der Waals surface area (Å²) >= 11 is 6.64. The van der Waals surface area contributed by atoms with Gasteiger partial charge in [0.1, 0.15) is 5.82 Å². The Balaban J connectivity index is 2.21. The van der Waals surface area contributed by atoms with E-state index >= 15 is 0 Å². The number of pyridine rings is 1. The Morgan fingerprint density at radius 2 is 2.00 bits per heavy atom. The van der Waals surface area contributed by atoms with Gasteiger partial charge in [0, 0.05) is 33.3 Å². The monoisotopic (exact) mass is 373 g/mol. The molecule has 1 atom stereocenters. The molecule has 2 nitrogen and oxygen atoms in total. The number of aliphatic hydroxyl groups excluding tert-OH is 1. The maximum Gasteiger partial charge on any atom is 0.123 e. The molecule has 0 saturated carbocycles. The average molecular weight is 375 g/mol. The maximum atomic E-state index is 13.1. The zero-order valence-corrected chi connectivity index (χ0v) is 12.4. The van der Waals surface area contributed by atoms with Crippen LogP contribution in [0.5, 0.6) is 0 Å². The topological polar surface area (TPSA) is 33.1 Å². The molecule has 2 aromatic rings. The van der Waals surface area contributed by atoms with E-state index in [2.05, 4.69) is 36.8 Å². The van der Waals surface area contributed by atoms with Crippen molar-refractivity contribution in [3.63, 3.8) is 0 Å². The summed E-state index contributed by atoms with van der Waals surface area (Å²) in [6.45, 7) is 0. The predicted octanol–water partition coefficient (Wildman–Crippen LogP) is 4.02. The lowest BCUT2D eigenvalue weighted by molar-refractivity contribution is 0.177. The average Bonchev–Trinajstić information content (AvgIpc) is 2.34. The minimum Gasteiger partial charge on any atom is -0.388 e. The summed E-state index contributed by atoms with van der Waals surface area (Å²) in [5, 5.41) is 10.1. The largest absolute Gasteiger partial charge is 0.388 e. The number of rotatable bonds is 3. The molecule has 1 heterocycles. The molecule has 0 aliphatic carbocycles. The second-order valence-corrected chi connectivity index (χ2v) is 5.66. The van der Waals surface area contributed by atoms with E-state index in [1.165, 1.54) is 12.1 Å². The predicted molar refractivity (Wildman–Crippen MR) is 74.7 cm³/mol. The lowest BCUT2D eigenvalue weighted by Crippen LogP contribution is -2.03. The van der Waals surface area contributed by atoms with Crippen LogP contribution < -0.4 is 0 Å². The minimum atomic E-state index is -0.715. The molecule has 18 heavy (non-hydrogen) atoms. The Bertz CT molecular complexity index is 562. The molecule has 1 N–H and O–H groups in total. The van der Waals surface area contributed by atoms with E-state index in [9.17, 15) is 9.50 Å². The minimum absolute atomic E-state index is 0.312. The summed E-state index contributed by atoms with van der Waals surface area (Å²) in [6, 6.07) is 6.22. The zero-order valence-electron chi connectivity index (χ0n) is 9.28. The molecule has 0 saturated heterocycles. The van der Waals surface area contributed by atoms with E-state index in [1.54, 1.807) is 24.5 Å². The van der Waals surface area contributed by atoms with Crippen LogP contribution in [0.4, 0.5) is 4.39 Å². The van der Waals surface area contributed by atoms with E-state index in [-0.39, 0.29) is 5.82 Å². The second kappa shape index (κ2) is 5.91. The van der Waals surface area contributed by atoms with Gasteiger partial charge in [-0.25, -0.2) is 4.39 Å². The number of hydrogen-bond acceptors (Lipinski definition) is 2. The van der Waals surface area contributed by atoms with Crippen molar-refractivity contribution in [3.05, 3.63) is 62.5 Å². The molecule has 0 aliphatic heterocycles. The summed E-state index contributed by atoms with van der Waals surface area (Å²) in [5.41, 5.74) is 1.42. The van der Waals surface area contributed by atoms with Gasteiger partial charge >= 0.3 is 0 Å². The molecular formula is C13H10Br2FNO. The van der Waals surface area contributed by atoms with Crippen LogP contribution in [0.3, 0.4) is 0 Å². The van der Waals surface area contributed by atoms with Gasteiger partial charge in [-0.1, -0.05) is 15.9 Å². The number of aliphatic hydroxyl groups is 1. The Hall–Kier alpha value is -0.780. The van der Waals surface area contributed by atoms with Crippen LogP contribution in [0.15, 0.2) is 45.6 Å². The van der Waals surface area contributed by atoms with Crippen LogP contribution in [0.25, 0.3) is 0 Å². The van der Waals surface area contributed by atoms with E-state index in [0.717, 1.165) is 14.5 Å². The summed E-state index contributed by atoms with van der Waals surface area (Å²) in [7, 11) is 0. The molecule has 0 amide bonds. The van der Waals surface area contributed by atoms with Crippen molar-refractivity contribution in [2.45, 2.75) is 12.5 Å². The highest BCUT2D eigenvalue weighted by atomic mass is 79.9. The lowest BCUT2D eigenvalue weighted by Gasteiger charge is -2.12. The Morgan fingerprint density at radius 1 is 1.22 bits per heavy atom. The zero-order chi connectivity index (χ0) is 13.1. The smallest absolute Gasteiger partial charge is 0.123 e. The van der Waals surface area contributed by atoms with Crippen LogP contribution in [-0.2, 0) is 6.42 Å². The molecule has 2 rings (SSSR count). The number of benzene rings is 1. The molecule has 0 fully saturated rings. The number of halogens is 3. The number of hydrogen-bond donors (Lipinski definition) is 1. The fraction of sp³-hybridized carbons (Fsp3) is 0.154. The molecule has 1 unspecified atom stereocenters. The van der Waals surface area contributed by atoms with Crippen molar-refractivity contribution in [1.29, 1.82) is 0 Å². The van der Waals surface area contributed by atoms with Crippen molar-refractivity contribution in [1.82, 2.24) is 4.98 Å². The van der Waals surface area contributed by atoms with Gasteiger partial charge in [-0.3, -0.25) is 4.98 Å². The molecule has 1 aromatic carbocycles.